The lowest BCUT2D eigenvalue weighted by Gasteiger charge is -2.11. The van der Waals surface area contributed by atoms with Crippen molar-refractivity contribution in [2.75, 3.05) is 19.6 Å². The number of nitrogens with one attached hydrogen (secondary N) is 3. The molecule has 4 N–H and O–H groups in total. The van der Waals surface area contributed by atoms with Gasteiger partial charge in [-0.25, -0.2) is 4.72 Å². The summed E-state index contributed by atoms with van der Waals surface area (Å²) >= 11 is 0. The van der Waals surface area contributed by atoms with Gasteiger partial charge >= 0.3 is 0 Å². The minimum atomic E-state index is -3.38. The van der Waals surface area contributed by atoms with Crippen LogP contribution in [0.15, 0.2) is 0 Å². The molecule has 6 nitrogen and oxygen atoms in total. The molecule has 0 radical (unpaired) electrons. The first-order valence-corrected chi connectivity index (χ1v) is 6.47. The van der Waals surface area contributed by atoms with Gasteiger partial charge in [-0.05, 0) is 20.8 Å². The largest absolute Gasteiger partial charge is 0.392 e. The molecular weight excluding hydrogens is 218 g/mol. The van der Waals surface area contributed by atoms with Crippen LogP contribution < -0.4 is 14.8 Å². The summed E-state index contributed by atoms with van der Waals surface area (Å²) in [4.78, 5) is 0. The van der Waals surface area contributed by atoms with Gasteiger partial charge in [-0.15, -0.1) is 0 Å². The fraction of sp³-hybridized carbons (Fsp3) is 1.00. The van der Waals surface area contributed by atoms with Gasteiger partial charge in [0.2, 0.25) is 0 Å². The zero-order valence-corrected chi connectivity index (χ0v) is 10.3. The molecule has 0 heterocycles. The van der Waals surface area contributed by atoms with Crippen LogP contribution in [0.25, 0.3) is 0 Å². The van der Waals surface area contributed by atoms with Gasteiger partial charge in [-0.2, -0.15) is 13.1 Å². The molecule has 7 heteroatoms. The van der Waals surface area contributed by atoms with Crippen LogP contribution >= 0.6 is 0 Å². The lowest BCUT2D eigenvalue weighted by atomic mass is 10.4. The molecule has 0 amide bonds. The minimum Gasteiger partial charge on any atom is -0.392 e. The topological polar surface area (TPSA) is 90.5 Å². The summed E-state index contributed by atoms with van der Waals surface area (Å²) in [5, 5.41) is 11.8. The molecule has 0 spiro atoms. The van der Waals surface area contributed by atoms with E-state index >= 15 is 0 Å². The highest BCUT2D eigenvalue weighted by Crippen LogP contribution is 1.82. The Morgan fingerprint density at radius 3 is 2.27 bits per heavy atom. The van der Waals surface area contributed by atoms with Crippen molar-refractivity contribution in [1.82, 2.24) is 14.8 Å². The average molecular weight is 239 g/mol. The van der Waals surface area contributed by atoms with Gasteiger partial charge in [0.25, 0.3) is 10.2 Å². The Labute approximate surface area is 91.6 Å². The third kappa shape index (κ3) is 10.1. The fourth-order valence-electron chi connectivity index (χ4n) is 0.937. The third-order valence-electron chi connectivity index (χ3n) is 1.42. The Kier molecular flexibility index (Phi) is 7.03. The van der Waals surface area contributed by atoms with Crippen LogP contribution in [0.2, 0.25) is 0 Å². The van der Waals surface area contributed by atoms with E-state index in [2.05, 4.69) is 14.8 Å². The molecular formula is C8H21N3O3S. The maximum atomic E-state index is 11.2. The number of aliphatic hydroxyl groups excluding tert-OH is 1. The van der Waals surface area contributed by atoms with Crippen molar-refractivity contribution < 1.29 is 13.5 Å². The molecule has 0 rings (SSSR count). The zero-order chi connectivity index (χ0) is 11.9. The van der Waals surface area contributed by atoms with Crippen LogP contribution in [0.3, 0.4) is 0 Å². The highest BCUT2D eigenvalue weighted by atomic mass is 32.2. The van der Waals surface area contributed by atoms with Crippen LogP contribution in [-0.2, 0) is 10.2 Å². The van der Waals surface area contributed by atoms with Crippen molar-refractivity contribution >= 4 is 10.2 Å². The van der Waals surface area contributed by atoms with E-state index in [4.69, 9.17) is 5.11 Å². The van der Waals surface area contributed by atoms with Gasteiger partial charge in [0.1, 0.15) is 0 Å². The second kappa shape index (κ2) is 7.13. The first kappa shape index (κ1) is 14.8. The van der Waals surface area contributed by atoms with Gasteiger partial charge in [0, 0.05) is 25.7 Å². The molecule has 0 saturated carbocycles. The van der Waals surface area contributed by atoms with Crippen molar-refractivity contribution in [3.05, 3.63) is 0 Å². The van der Waals surface area contributed by atoms with E-state index in [1.165, 1.54) is 0 Å². The van der Waals surface area contributed by atoms with E-state index < -0.39 is 16.3 Å². The maximum Gasteiger partial charge on any atom is 0.277 e. The summed E-state index contributed by atoms with van der Waals surface area (Å²) in [6.45, 7) is 6.42. The first-order chi connectivity index (χ1) is 6.83. The van der Waals surface area contributed by atoms with Crippen molar-refractivity contribution in [3.63, 3.8) is 0 Å². The van der Waals surface area contributed by atoms with E-state index in [9.17, 15) is 8.42 Å². The molecule has 0 fully saturated rings. The molecule has 0 aromatic carbocycles. The zero-order valence-electron chi connectivity index (χ0n) is 9.45. The Morgan fingerprint density at radius 1 is 1.20 bits per heavy atom. The predicted octanol–water partition coefficient (Wildman–Crippen LogP) is -1.21. The summed E-state index contributed by atoms with van der Waals surface area (Å²) in [7, 11) is -3.38. The van der Waals surface area contributed by atoms with E-state index in [0.717, 1.165) is 0 Å². The summed E-state index contributed by atoms with van der Waals surface area (Å²) < 4.78 is 27.3. The van der Waals surface area contributed by atoms with Crippen molar-refractivity contribution in [2.45, 2.75) is 32.9 Å². The predicted molar refractivity (Wildman–Crippen MR) is 59.7 cm³/mol. The van der Waals surface area contributed by atoms with E-state index in [1.807, 2.05) is 0 Å². The molecule has 15 heavy (non-hydrogen) atoms. The Hall–Kier alpha value is -0.210. The number of rotatable bonds is 8. The molecule has 92 valence electrons. The number of hydrogen-bond donors (Lipinski definition) is 4. The van der Waals surface area contributed by atoms with E-state index in [1.54, 1.807) is 20.8 Å². The third-order valence-corrected chi connectivity index (χ3v) is 2.79. The Morgan fingerprint density at radius 2 is 1.80 bits per heavy atom. The Bertz CT molecular complexity index is 252. The number of hydrogen-bond acceptors (Lipinski definition) is 4. The summed E-state index contributed by atoms with van der Waals surface area (Å²) in [5.41, 5.74) is 0. The molecule has 0 bridgehead atoms. The quantitative estimate of drug-likeness (QED) is 0.400. The van der Waals surface area contributed by atoms with Crippen LogP contribution in [0.1, 0.15) is 20.8 Å². The highest BCUT2D eigenvalue weighted by Gasteiger charge is 2.09. The second-order valence-corrected chi connectivity index (χ2v) is 5.25. The van der Waals surface area contributed by atoms with Gasteiger partial charge < -0.3 is 10.4 Å². The monoisotopic (exact) mass is 239 g/mol. The molecule has 0 aliphatic heterocycles. The van der Waals surface area contributed by atoms with Crippen molar-refractivity contribution in [1.29, 1.82) is 0 Å². The van der Waals surface area contributed by atoms with E-state index in [0.29, 0.717) is 19.6 Å². The van der Waals surface area contributed by atoms with Crippen LogP contribution in [0.5, 0.6) is 0 Å². The van der Waals surface area contributed by atoms with Gasteiger partial charge in [-0.1, -0.05) is 0 Å². The smallest absolute Gasteiger partial charge is 0.277 e. The highest BCUT2D eigenvalue weighted by molar-refractivity contribution is 7.87. The molecule has 1 atom stereocenters. The minimum absolute atomic E-state index is 0.118. The molecule has 1 unspecified atom stereocenters. The van der Waals surface area contributed by atoms with Crippen LogP contribution in [-0.4, -0.2) is 45.3 Å². The van der Waals surface area contributed by atoms with Gasteiger partial charge in [-0.3, -0.25) is 0 Å². The summed E-state index contributed by atoms with van der Waals surface area (Å²) in [6.07, 6.45) is -0.421. The van der Waals surface area contributed by atoms with Crippen molar-refractivity contribution in [3.8, 4) is 0 Å². The van der Waals surface area contributed by atoms with Crippen LogP contribution in [0, 0.1) is 0 Å². The SMILES string of the molecule is CC(O)CNCCNS(=O)(=O)NC(C)C. The Balaban J connectivity index is 3.58. The van der Waals surface area contributed by atoms with Gasteiger partial charge in [0.05, 0.1) is 6.10 Å². The van der Waals surface area contributed by atoms with Crippen molar-refractivity contribution in [2.24, 2.45) is 0 Å². The van der Waals surface area contributed by atoms with Gasteiger partial charge in [0.15, 0.2) is 0 Å². The average Bonchev–Trinajstić information content (AvgIpc) is 1.99. The standard InChI is InChI=1S/C8H21N3O3S/c1-7(2)11-15(13,14)10-5-4-9-6-8(3)12/h7-12H,4-6H2,1-3H3. The normalized spacial score (nSPS) is 14.5. The maximum absolute atomic E-state index is 11.2. The molecule has 0 saturated heterocycles. The molecule has 0 aliphatic rings. The van der Waals surface area contributed by atoms with Crippen LogP contribution in [0.4, 0.5) is 0 Å². The molecule has 0 aliphatic carbocycles. The lowest BCUT2D eigenvalue weighted by molar-refractivity contribution is 0.192. The fourth-order valence-corrected chi connectivity index (χ4v) is 2.01. The lowest BCUT2D eigenvalue weighted by Crippen LogP contribution is -2.43. The summed E-state index contributed by atoms with van der Waals surface area (Å²) in [5.74, 6) is 0. The first-order valence-electron chi connectivity index (χ1n) is 4.99. The summed E-state index contributed by atoms with van der Waals surface area (Å²) in [6, 6.07) is -0.118. The van der Waals surface area contributed by atoms with E-state index in [-0.39, 0.29) is 6.04 Å². The second-order valence-electron chi connectivity index (χ2n) is 3.72. The molecule has 0 aromatic rings. The molecule has 0 aromatic heterocycles. The number of aliphatic hydroxyl groups is 1.